The number of aromatic nitrogens is 2. The van der Waals surface area contributed by atoms with Crippen LogP contribution in [0.2, 0.25) is 0 Å². The zero-order chi connectivity index (χ0) is 17.4. The monoisotopic (exact) mass is 314 g/mol. The van der Waals surface area contributed by atoms with Gasteiger partial charge in [0.2, 0.25) is 0 Å². The largest absolute Gasteiger partial charge is 0.496 e. The maximum absolute atomic E-state index is 11.3. The summed E-state index contributed by atoms with van der Waals surface area (Å²) in [7, 11) is 1.61. The van der Waals surface area contributed by atoms with Crippen LogP contribution >= 0.6 is 0 Å². The van der Waals surface area contributed by atoms with E-state index in [4.69, 9.17) is 4.74 Å². The summed E-state index contributed by atoms with van der Waals surface area (Å²) in [5, 5.41) is 9.23. The number of aryl methyl sites for hydroxylation is 2. The number of aromatic carboxylic acids is 1. The molecule has 0 bridgehead atoms. The number of nitrogens with zero attached hydrogens (tertiary/aromatic N) is 2. The molecule has 0 saturated heterocycles. The number of ether oxygens (including phenoxy) is 1. The molecule has 2 aromatic rings. The van der Waals surface area contributed by atoms with E-state index in [9.17, 15) is 9.90 Å². The van der Waals surface area contributed by atoms with Crippen molar-refractivity contribution in [3.05, 3.63) is 40.7 Å². The molecule has 0 atom stereocenters. The zero-order valence-corrected chi connectivity index (χ0v) is 14.4. The second-order valence-corrected chi connectivity index (χ2v) is 6.56. The van der Waals surface area contributed by atoms with Crippen LogP contribution in [-0.2, 0) is 5.41 Å². The third kappa shape index (κ3) is 3.33. The van der Waals surface area contributed by atoms with Crippen LogP contribution in [0.15, 0.2) is 18.2 Å². The summed E-state index contributed by atoms with van der Waals surface area (Å²) in [6.45, 7) is 9.75. The minimum Gasteiger partial charge on any atom is -0.496 e. The average molecular weight is 314 g/mol. The van der Waals surface area contributed by atoms with E-state index in [2.05, 4.69) is 30.7 Å². The Kier molecular flexibility index (Phi) is 4.41. The van der Waals surface area contributed by atoms with Crippen molar-refractivity contribution in [1.29, 1.82) is 0 Å². The molecule has 122 valence electrons. The minimum absolute atomic E-state index is 0.00562. The first kappa shape index (κ1) is 16.9. The van der Waals surface area contributed by atoms with Gasteiger partial charge in [-0.3, -0.25) is 0 Å². The quantitative estimate of drug-likeness (QED) is 0.933. The Morgan fingerprint density at radius 3 is 2.13 bits per heavy atom. The summed E-state index contributed by atoms with van der Waals surface area (Å²) in [6, 6.07) is 5.93. The smallest absolute Gasteiger partial charge is 0.339 e. The van der Waals surface area contributed by atoms with Gasteiger partial charge in [0.15, 0.2) is 5.82 Å². The Morgan fingerprint density at radius 2 is 1.70 bits per heavy atom. The highest BCUT2D eigenvalue weighted by Crippen LogP contribution is 2.33. The first-order valence-electron chi connectivity index (χ1n) is 7.42. The van der Waals surface area contributed by atoms with E-state index >= 15 is 0 Å². The first-order chi connectivity index (χ1) is 10.6. The van der Waals surface area contributed by atoms with Crippen molar-refractivity contribution < 1.29 is 14.6 Å². The lowest BCUT2D eigenvalue weighted by molar-refractivity contribution is 0.0694. The third-order valence-electron chi connectivity index (χ3n) is 3.79. The first-order valence-corrected chi connectivity index (χ1v) is 7.42. The highest BCUT2D eigenvalue weighted by Gasteiger charge is 2.20. The summed E-state index contributed by atoms with van der Waals surface area (Å²) in [6.07, 6.45) is 0. The van der Waals surface area contributed by atoms with Crippen LogP contribution in [0, 0.1) is 13.8 Å². The molecular weight excluding hydrogens is 292 g/mol. The number of carbonyl (C=O) groups is 1. The number of rotatable bonds is 3. The predicted octanol–water partition coefficient (Wildman–Crippen LogP) is 3.76. The Hall–Kier alpha value is -2.43. The molecule has 0 spiro atoms. The molecule has 0 amide bonds. The van der Waals surface area contributed by atoms with E-state index in [0.717, 1.165) is 11.1 Å². The number of benzene rings is 1. The van der Waals surface area contributed by atoms with Crippen molar-refractivity contribution in [2.24, 2.45) is 0 Å². The maximum atomic E-state index is 11.3. The fourth-order valence-corrected chi connectivity index (χ4v) is 2.49. The van der Waals surface area contributed by atoms with Gasteiger partial charge in [-0.25, -0.2) is 14.8 Å². The van der Waals surface area contributed by atoms with Gasteiger partial charge in [0.25, 0.3) is 0 Å². The van der Waals surface area contributed by atoms with E-state index in [0.29, 0.717) is 23.0 Å². The Labute approximate surface area is 136 Å². The van der Waals surface area contributed by atoms with Crippen LogP contribution in [0.5, 0.6) is 5.75 Å². The van der Waals surface area contributed by atoms with Gasteiger partial charge in [0.05, 0.1) is 24.1 Å². The molecular formula is C18H22N2O3. The van der Waals surface area contributed by atoms with E-state index in [1.54, 1.807) is 21.0 Å². The van der Waals surface area contributed by atoms with E-state index in [-0.39, 0.29) is 11.0 Å². The molecule has 2 rings (SSSR count). The molecule has 5 heteroatoms. The van der Waals surface area contributed by atoms with Crippen LogP contribution < -0.4 is 4.74 Å². The number of hydrogen-bond donors (Lipinski definition) is 1. The molecule has 1 N–H and O–H groups in total. The lowest BCUT2D eigenvalue weighted by Crippen LogP contribution is -2.12. The molecule has 1 heterocycles. The molecule has 0 aliphatic rings. The van der Waals surface area contributed by atoms with Crippen LogP contribution in [0.25, 0.3) is 11.4 Å². The molecule has 0 radical (unpaired) electrons. The number of methoxy groups -OCH3 is 1. The topological polar surface area (TPSA) is 72.3 Å². The van der Waals surface area contributed by atoms with Crippen molar-refractivity contribution in [1.82, 2.24) is 9.97 Å². The van der Waals surface area contributed by atoms with Crippen molar-refractivity contribution in [2.45, 2.75) is 40.0 Å². The SMILES string of the molecule is COc1cc(C(C)(C)C)ccc1-c1nc(C)c(C(=O)O)c(C)n1. The third-order valence-corrected chi connectivity index (χ3v) is 3.79. The van der Waals surface area contributed by atoms with Gasteiger partial charge >= 0.3 is 5.97 Å². The average Bonchev–Trinajstić information content (AvgIpc) is 2.44. The zero-order valence-electron chi connectivity index (χ0n) is 14.4. The lowest BCUT2D eigenvalue weighted by Gasteiger charge is -2.21. The van der Waals surface area contributed by atoms with Gasteiger partial charge in [-0.2, -0.15) is 0 Å². The molecule has 0 saturated carbocycles. The van der Waals surface area contributed by atoms with Crippen molar-refractivity contribution in [3.8, 4) is 17.1 Å². The van der Waals surface area contributed by atoms with Gasteiger partial charge in [0.1, 0.15) is 11.3 Å². The molecule has 0 unspecified atom stereocenters. The number of carboxylic acid groups (broad SMARTS) is 1. The van der Waals surface area contributed by atoms with Crippen molar-refractivity contribution >= 4 is 5.97 Å². The van der Waals surface area contributed by atoms with E-state index < -0.39 is 5.97 Å². The normalized spacial score (nSPS) is 11.4. The van der Waals surface area contributed by atoms with Crippen LogP contribution in [0.4, 0.5) is 0 Å². The second-order valence-electron chi connectivity index (χ2n) is 6.56. The van der Waals surface area contributed by atoms with Gasteiger partial charge in [-0.15, -0.1) is 0 Å². The number of hydrogen-bond acceptors (Lipinski definition) is 4. The maximum Gasteiger partial charge on any atom is 0.339 e. The van der Waals surface area contributed by atoms with Crippen molar-refractivity contribution in [3.63, 3.8) is 0 Å². The molecule has 23 heavy (non-hydrogen) atoms. The number of carboxylic acids is 1. The van der Waals surface area contributed by atoms with E-state index in [1.165, 1.54) is 0 Å². The van der Waals surface area contributed by atoms with E-state index in [1.807, 2.05) is 18.2 Å². The molecule has 0 fully saturated rings. The van der Waals surface area contributed by atoms with Crippen LogP contribution in [0.3, 0.4) is 0 Å². The fourth-order valence-electron chi connectivity index (χ4n) is 2.49. The summed E-state index contributed by atoms with van der Waals surface area (Å²) < 4.78 is 5.50. The summed E-state index contributed by atoms with van der Waals surface area (Å²) in [5.74, 6) is 0.142. The minimum atomic E-state index is -1.01. The lowest BCUT2D eigenvalue weighted by atomic mass is 9.86. The summed E-state index contributed by atoms with van der Waals surface area (Å²) in [4.78, 5) is 20.0. The van der Waals surface area contributed by atoms with Crippen molar-refractivity contribution in [2.75, 3.05) is 7.11 Å². The molecule has 5 nitrogen and oxygen atoms in total. The molecule has 1 aromatic heterocycles. The van der Waals surface area contributed by atoms with Gasteiger partial charge in [0, 0.05) is 0 Å². The Bertz CT molecular complexity index is 738. The van der Waals surface area contributed by atoms with Gasteiger partial charge in [-0.1, -0.05) is 26.8 Å². The van der Waals surface area contributed by atoms with Gasteiger partial charge in [-0.05, 0) is 37.0 Å². The molecule has 0 aliphatic heterocycles. The standard InChI is InChI=1S/C18H22N2O3/c1-10-15(17(21)22)11(2)20-16(19-10)13-8-7-12(18(3,4)5)9-14(13)23-6/h7-9H,1-6H3,(H,21,22). The fraction of sp³-hybridized carbons (Fsp3) is 0.389. The predicted molar refractivity (Wildman–Crippen MR) is 89.2 cm³/mol. The highest BCUT2D eigenvalue weighted by molar-refractivity contribution is 5.90. The summed E-state index contributed by atoms with van der Waals surface area (Å²) in [5.41, 5.74) is 2.95. The van der Waals surface area contributed by atoms with Crippen LogP contribution in [-0.4, -0.2) is 28.2 Å². The molecule has 0 aliphatic carbocycles. The van der Waals surface area contributed by atoms with Crippen LogP contribution in [0.1, 0.15) is 48.1 Å². The van der Waals surface area contributed by atoms with Gasteiger partial charge < -0.3 is 9.84 Å². The molecule has 1 aromatic carbocycles. The second kappa shape index (κ2) is 5.99. The Balaban J connectivity index is 2.61. The highest BCUT2D eigenvalue weighted by atomic mass is 16.5. The summed E-state index contributed by atoms with van der Waals surface area (Å²) >= 11 is 0. The Morgan fingerprint density at radius 1 is 1.13 bits per heavy atom.